The van der Waals surface area contributed by atoms with E-state index in [0.29, 0.717) is 18.8 Å². The summed E-state index contributed by atoms with van der Waals surface area (Å²) in [6, 6.07) is 0. The summed E-state index contributed by atoms with van der Waals surface area (Å²) < 4.78 is 0. The summed E-state index contributed by atoms with van der Waals surface area (Å²) in [7, 11) is 0. The molecule has 5 heteroatoms. The number of aliphatic imine (C=N–C) groups is 1. The first kappa shape index (κ1) is 20.7. The number of carbonyl (C=O) groups excluding carboxylic acids is 1. The zero-order chi connectivity index (χ0) is 18.4. The van der Waals surface area contributed by atoms with E-state index in [-0.39, 0.29) is 16.6 Å². The second-order valence-corrected chi connectivity index (χ2v) is 8.39. The fourth-order valence-electron chi connectivity index (χ4n) is 4.36. The van der Waals surface area contributed by atoms with Gasteiger partial charge in [0.05, 0.1) is 17.7 Å². The maximum Gasteiger partial charge on any atom is 0.185 e. The molecule has 4 nitrogen and oxygen atoms in total. The number of unbranched alkanes of at least 4 members (excludes halogenated alkanes) is 2. The van der Waals surface area contributed by atoms with Crippen LogP contribution in [0.3, 0.4) is 0 Å². The second kappa shape index (κ2) is 9.33. The van der Waals surface area contributed by atoms with Crippen LogP contribution in [0.4, 0.5) is 0 Å². The average molecular weight is 368 g/mol. The van der Waals surface area contributed by atoms with Crippen molar-refractivity contribution >= 4 is 23.5 Å². The highest BCUT2D eigenvalue weighted by Gasteiger charge is 2.52. The van der Waals surface area contributed by atoms with Crippen LogP contribution < -0.4 is 0 Å². The molecule has 0 aromatic heterocycles. The van der Waals surface area contributed by atoms with Gasteiger partial charge < -0.3 is 10.2 Å². The Morgan fingerprint density at radius 3 is 2.88 bits per heavy atom. The van der Waals surface area contributed by atoms with Gasteiger partial charge in [0, 0.05) is 18.1 Å². The van der Waals surface area contributed by atoms with Crippen LogP contribution in [0.2, 0.25) is 0 Å². The Balaban J connectivity index is 1.91. The van der Waals surface area contributed by atoms with Crippen LogP contribution in [0, 0.1) is 11.8 Å². The molecule has 5 unspecified atom stereocenters. The second-order valence-electron chi connectivity index (χ2n) is 7.89. The molecule has 0 amide bonds. The largest absolute Gasteiger partial charge is 0.392 e. The molecule has 2 rings (SSSR count). The third-order valence-corrected chi connectivity index (χ3v) is 5.94. The van der Waals surface area contributed by atoms with Crippen LogP contribution in [0.5, 0.6) is 0 Å². The minimum atomic E-state index is -0.422. The molecular weight excluding hydrogens is 334 g/mol. The number of rotatable bonds is 10. The Labute approximate surface area is 157 Å². The van der Waals surface area contributed by atoms with Crippen LogP contribution in [0.15, 0.2) is 17.1 Å². The van der Waals surface area contributed by atoms with Crippen LogP contribution in [-0.4, -0.2) is 38.8 Å². The summed E-state index contributed by atoms with van der Waals surface area (Å²) in [6.07, 6.45) is 10.9. The highest BCUT2D eigenvalue weighted by Crippen LogP contribution is 2.49. The van der Waals surface area contributed by atoms with Crippen molar-refractivity contribution < 1.29 is 15.0 Å². The predicted octanol–water partition coefficient (Wildman–Crippen LogP) is 3.71. The number of nitrogens with zero attached hydrogens (tertiary/aromatic N) is 1. The van der Waals surface area contributed by atoms with Gasteiger partial charge in [0.1, 0.15) is 0 Å². The number of thiol groups is 1. The summed E-state index contributed by atoms with van der Waals surface area (Å²) in [4.78, 5) is 15.9. The zero-order valence-electron chi connectivity index (χ0n) is 15.5. The van der Waals surface area contributed by atoms with Gasteiger partial charge in [-0.2, -0.15) is 0 Å². The lowest BCUT2D eigenvalue weighted by Gasteiger charge is -2.23. The van der Waals surface area contributed by atoms with E-state index in [0.717, 1.165) is 50.7 Å². The molecule has 1 heterocycles. The third-order valence-electron chi connectivity index (χ3n) is 5.71. The molecule has 142 valence electrons. The third kappa shape index (κ3) is 5.66. The van der Waals surface area contributed by atoms with Crippen molar-refractivity contribution in [2.75, 3.05) is 0 Å². The van der Waals surface area contributed by atoms with E-state index in [1.54, 1.807) is 0 Å². The van der Waals surface area contributed by atoms with Gasteiger partial charge in [-0.1, -0.05) is 38.3 Å². The highest BCUT2D eigenvalue weighted by atomic mass is 32.1. The molecule has 0 saturated heterocycles. The van der Waals surface area contributed by atoms with Crippen molar-refractivity contribution in [3.05, 3.63) is 12.2 Å². The fourth-order valence-corrected chi connectivity index (χ4v) is 4.52. The Morgan fingerprint density at radius 1 is 1.44 bits per heavy atom. The molecule has 1 aliphatic carbocycles. The predicted molar refractivity (Wildman–Crippen MR) is 105 cm³/mol. The summed E-state index contributed by atoms with van der Waals surface area (Å²) >= 11 is 3.81. The molecule has 0 radical (unpaired) electrons. The number of carbonyl (C=O) groups is 1. The van der Waals surface area contributed by atoms with Gasteiger partial charge in [-0.3, -0.25) is 9.79 Å². The van der Waals surface area contributed by atoms with Crippen LogP contribution in [0.1, 0.15) is 71.6 Å². The zero-order valence-corrected chi connectivity index (χ0v) is 16.4. The Bertz CT molecular complexity index is 519. The van der Waals surface area contributed by atoms with Crippen molar-refractivity contribution in [3.63, 3.8) is 0 Å². The van der Waals surface area contributed by atoms with Gasteiger partial charge in [0.2, 0.25) is 0 Å². The molecule has 0 aromatic rings. The number of aliphatic hydroxyl groups is 2. The Morgan fingerprint density at radius 2 is 2.20 bits per heavy atom. The normalized spacial score (nSPS) is 32.8. The summed E-state index contributed by atoms with van der Waals surface area (Å²) in [5.74, 6) is 0.349. The molecule has 1 saturated carbocycles. The topological polar surface area (TPSA) is 69.9 Å². The van der Waals surface area contributed by atoms with Crippen molar-refractivity contribution in [2.45, 2.75) is 89.4 Å². The van der Waals surface area contributed by atoms with Crippen LogP contribution in [-0.2, 0) is 4.79 Å². The fraction of sp³-hybridized carbons (Fsp3) is 0.800. The lowest BCUT2D eigenvalue weighted by Crippen LogP contribution is -2.25. The summed E-state index contributed by atoms with van der Waals surface area (Å²) in [5, 5.41) is 20.5. The average Bonchev–Trinajstić information content (AvgIpc) is 2.94. The number of hydrogen-bond donors (Lipinski definition) is 3. The summed E-state index contributed by atoms with van der Waals surface area (Å²) in [6.45, 7) is 4.28. The molecular formula is C20H33NO3S. The Hall–Kier alpha value is -0.650. The first-order valence-electron chi connectivity index (χ1n) is 9.69. The number of hydrogen-bond acceptors (Lipinski definition) is 4. The van der Waals surface area contributed by atoms with Crippen LogP contribution >= 0.6 is 12.6 Å². The van der Waals surface area contributed by atoms with Crippen molar-refractivity contribution in [1.82, 2.24) is 0 Å². The lowest BCUT2D eigenvalue weighted by atomic mass is 9.83. The number of aliphatic hydroxyl groups excluding tert-OH is 2. The smallest absolute Gasteiger partial charge is 0.185 e. The number of fused-ring (bicyclic) bond motifs is 1. The van der Waals surface area contributed by atoms with Crippen molar-refractivity contribution in [2.24, 2.45) is 16.8 Å². The van der Waals surface area contributed by atoms with E-state index in [4.69, 9.17) is 4.99 Å². The standard InChI is InChI=1S/C20H33NO3S/c1-3-4-5-8-15(22)10-11-16-17-12-14(7-6-9-19(24)25)21-20(17,2)13-18(16)23/h10-11,15-18,22-23H,3-9,12-13H2,1-2H3,(H,24,25)/b11-10+. The first-order chi connectivity index (χ1) is 11.9. The van der Waals surface area contributed by atoms with Gasteiger partial charge >= 0.3 is 0 Å². The van der Waals surface area contributed by atoms with Crippen molar-refractivity contribution in [3.8, 4) is 0 Å². The Kier molecular flexibility index (Phi) is 7.71. The van der Waals surface area contributed by atoms with E-state index in [1.165, 1.54) is 0 Å². The molecule has 1 aliphatic heterocycles. The van der Waals surface area contributed by atoms with E-state index in [1.807, 2.05) is 12.2 Å². The van der Waals surface area contributed by atoms with Gasteiger partial charge in [-0.15, -0.1) is 12.6 Å². The molecule has 0 spiro atoms. The monoisotopic (exact) mass is 367 g/mol. The lowest BCUT2D eigenvalue weighted by molar-refractivity contribution is -0.110. The SMILES string of the molecule is CCCCCC(O)/C=C/C1C(O)CC2(C)N=C(CCCC(=O)S)CC12. The van der Waals surface area contributed by atoms with Gasteiger partial charge in [-0.05, 0) is 44.9 Å². The minimum Gasteiger partial charge on any atom is -0.392 e. The highest BCUT2D eigenvalue weighted by molar-refractivity contribution is 7.96. The molecule has 2 N–H and O–H groups in total. The van der Waals surface area contributed by atoms with Crippen molar-refractivity contribution in [1.29, 1.82) is 0 Å². The van der Waals surface area contributed by atoms with Gasteiger partial charge in [0.15, 0.2) is 5.12 Å². The van der Waals surface area contributed by atoms with E-state index >= 15 is 0 Å². The van der Waals surface area contributed by atoms with Gasteiger partial charge in [-0.25, -0.2) is 0 Å². The van der Waals surface area contributed by atoms with Gasteiger partial charge in [0.25, 0.3) is 0 Å². The molecule has 2 aliphatic rings. The molecule has 25 heavy (non-hydrogen) atoms. The molecule has 5 atom stereocenters. The first-order valence-corrected chi connectivity index (χ1v) is 10.1. The molecule has 0 aromatic carbocycles. The van der Waals surface area contributed by atoms with E-state index in [2.05, 4.69) is 26.5 Å². The quantitative estimate of drug-likeness (QED) is 0.313. The minimum absolute atomic E-state index is 0.0542. The van der Waals surface area contributed by atoms with Crippen LogP contribution in [0.25, 0.3) is 0 Å². The maximum absolute atomic E-state index is 11.0. The van der Waals surface area contributed by atoms with E-state index in [9.17, 15) is 15.0 Å². The maximum atomic E-state index is 11.0. The molecule has 0 bridgehead atoms. The van der Waals surface area contributed by atoms with E-state index < -0.39 is 12.2 Å². The summed E-state index contributed by atoms with van der Waals surface area (Å²) in [5.41, 5.74) is 0.956. The molecule has 1 fully saturated rings.